The van der Waals surface area contributed by atoms with Crippen LogP contribution in [0.5, 0.6) is 0 Å². The van der Waals surface area contributed by atoms with Crippen molar-refractivity contribution in [2.24, 2.45) is 5.92 Å². The van der Waals surface area contributed by atoms with Crippen LogP contribution in [0.1, 0.15) is 48.1 Å². The fourth-order valence-electron chi connectivity index (χ4n) is 4.24. The van der Waals surface area contributed by atoms with Crippen LogP contribution in [0.4, 0.5) is 5.69 Å². The van der Waals surface area contributed by atoms with Crippen molar-refractivity contribution in [1.82, 2.24) is 4.90 Å². The SMILES string of the molecule is CC(C(=O)N1CCCCC1)C1c2ccccc2C(=O)N1c1ccccc1. The predicted molar refractivity (Wildman–Crippen MR) is 102 cm³/mol. The fraction of sp³-hybridized carbons (Fsp3) is 0.364. The summed E-state index contributed by atoms with van der Waals surface area (Å²) in [6, 6.07) is 17.1. The first-order valence-corrected chi connectivity index (χ1v) is 9.45. The molecule has 134 valence electrons. The number of hydrogen-bond acceptors (Lipinski definition) is 2. The highest BCUT2D eigenvalue weighted by Crippen LogP contribution is 2.42. The molecule has 1 saturated heterocycles. The molecule has 2 amide bonds. The molecule has 0 aromatic heterocycles. The van der Waals surface area contributed by atoms with Crippen LogP contribution in [0.15, 0.2) is 54.6 Å². The van der Waals surface area contributed by atoms with Crippen molar-refractivity contribution >= 4 is 17.5 Å². The first-order valence-electron chi connectivity index (χ1n) is 9.45. The number of amides is 2. The zero-order valence-electron chi connectivity index (χ0n) is 15.1. The van der Waals surface area contributed by atoms with Crippen molar-refractivity contribution in [3.05, 3.63) is 65.7 Å². The summed E-state index contributed by atoms with van der Waals surface area (Å²) in [6.45, 7) is 3.63. The van der Waals surface area contributed by atoms with E-state index in [-0.39, 0.29) is 23.8 Å². The van der Waals surface area contributed by atoms with Crippen LogP contribution in [-0.4, -0.2) is 29.8 Å². The molecule has 0 aliphatic carbocycles. The van der Waals surface area contributed by atoms with Gasteiger partial charge in [0.05, 0.1) is 12.0 Å². The van der Waals surface area contributed by atoms with Gasteiger partial charge in [-0.2, -0.15) is 0 Å². The Morgan fingerprint density at radius 3 is 2.35 bits per heavy atom. The zero-order chi connectivity index (χ0) is 18.1. The number of carbonyl (C=O) groups excluding carboxylic acids is 2. The van der Waals surface area contributed by atoms with Gasteiger partial charge in [0, 0.05) is 24.3 Å². The van der Waals surface area contributed by atoms with E-state index in [0.717, 1.165) is 37.2 Å². The van der Waals surface area contributed by atoms with Gasteiger partial charge in [-0.3, -0.25) is 9.59 Å². The Bertz CT molecular complexity index is 812. The van der Waals surface area contributed by atoms with E-state index in [1.807, 2.05) is 66.4 Å². The van der Waals surface area contributed by atoms with Crippen molar-refractivity contribution in [3.63, 3.8) is 0 Å². The Morgan fingerprint density at radius 1 is 0.962 bits per heavy atom. The van der Waals surface area contributed by atoms with Crippen LogP contribution >= 0.6 is 0 Å². The second kappa shape index (κ2) is 6.94. The highest BCUT2D eigenvalue weighted by atomic mass is 16.2. The monoisotopic (exact) mass is 348 g/mol. The maximum atomic E-state index is 13.2. The number of anilines is 1. The lowest BCUT2D eigenvalue weighted by Gasteiger charge is -2.34. The van der Waals surface area contributed by atoms with E-state index in [1.54, 1.807) is 4.90 Å². The molecule has 26 heavy (non-hydrogen) atoms. The van der Waals surface area contributed by atoms with Crippen molar-refractivity contribution < 1.29 is 9.59 Å². The molecule has 2 aliphatic rings. The van der Waals surface area contributed by atoms with E-state index in [0.29, 0.717) is 5.56 Å². The maximum absolute atomic E-state index is 13.2. The number of piperidine rings is 1. The van der Waals surface area contributed by atoms with Gasteiger partial charge in [0.1, 0.15) is 0 Å². The maximum Gasteiger partial charge on any atom is 0.259 e. The standard InChI is InChI=1S/C22H24N2O2/c1-16(21(25)23-14-8-3-9-15-23)20-18-12-6-7-13-19(18)22(26)24(20)17-10-4-2-5-11-17/h2,4-7,10-13,16,20H,3,8-9,14-15H2,1H3. The lowest BCUT2D eigenvalue weighted by molar-refractivity contribution is -0.136. The van der Waals surface area contributed by atoms with Gasteiger partial charge in [-0.15, -0.1) is 0 Å². The van der Waals surface area contributed by atoms with E-state index >= 15 is 0 Å². The van der Waals surface area contributed by atoms with Crippen LogP contribution in [0, 0.1) is 5.92 Å². The molecule has 4 heteroatoms. The molecule has 4 nitrogen and oxygen atoms in total. The Labute approximate surface area is 154 Å². The first kappa shape index (κ1) is 16.8. The highest BCUT2D eigenvalue weighted by molar-refractivity contribution is 6.11. The molecule has 2 aromatic rings. The lowest BCUT2D eigenvalue weighted by atomic mass is 9.92. The Hall–Kier alpha value is -2.62. The number of para-hydroxylation sites is 1. The Balaban J connectivity index is 1.72. The number of benzene rings is 2. The Morgan fingerprint density at radius 2 is 1.62 bits per heavy atom. The minimum atomic E-state index is -0.277. The van der Waals surface area contributed by atoms with E-state index in [1.165, 1.54) is 6.42 Å². The summed E-state index contributed by atoms with van der Waals surface area (Å²) >= 11 is 0. The number of carbonyl (C=O) groups is 2. The van der Waals surface area contributed by atoms with Gasteiger partial charge in [-0.05, 0) is 43.0 Å². The Kier molecular flexibility index (Phi) is 4.49. The molecular formula is C22H24N2O2. The average Bonchev–Trinajstić information content (AvgIpc) is 3.01. The molecule has 2 unspecified atom stereocenters. The van der Waals surface area contributed by atoms with Crippen molar-refractivity contribution in [2.45, 2.75) is 32.2 Å². The molecule has 1 fully saturated rings. The predicted octanol–water partition coefficient (Wildman–Crippen LogP) is 4.04. The number of nitrogens with zero attached hydrogens (tertiary/aromatic N) is 2. The molecule has 0 spiro atoms. The van der Waals surface area contributed by atoms with Crippen LogP contribution in [0.2, 0.25) is 0 Å². The molecule has 0 bridgehead atoms. The van der Waals surface area contributed by atoms with Gasteiger partial charge in [0.25, 0.3) is 5.91 Å². The van der Waals surface area contributed by atoms with Gasteiger partial charge in [0.15, 0.2) is 0 Å². The number of likely N-dealkylation sites (tertiary alicyclic amines) is 1. The molecule has 0 N–H and O–H groups in total. The second-order valence-electron chi connectivity index (χ2n) is 7.22. The smallest absolute Gasteiger partial charge is 0.259 e. The van der Waals surface area contributed by atoms with Crippen LogP contribution in [0.25, 0.3) is 0 Å². The van der Waals surface area contributed by atoms with Crippen LogP contribution in [0.3, 0.4) is 0 Å². The minimum absolute atomic E-state index is 0.0184. The summed E-state index contributed by atoms with van der Waals surface area (Å²) in [5, 5.41) is 0. The summed E-state index contributed by atoms with van der Waals surface area (Å²) in [5.74, 6) is -0.142. The molecule has 4 rings (SSSR count). The van der Waals surface area contributed by atoms with E-state index in [4.69, 9.17) is 0 Å². The topological polar surface area (TPSA) is 40.6 Å². The number of hydrogen-bond donors (Lipinski definition) is 0. The third kappa shape index (κ3) is 2.79. The minimum Gasteiger partial charge on any atom is -0.342 e. The van der Waals surface area contributed by atoms with Crippen LogP contribution in [-0.2, 0) is 4.79 Å². The average molecular weight is 348 g/mol. The fourth-order valence-corrected chi connectivity index (χ4v) is 4.24. The van der Waals surface area contributed by atoms with E-state index in [9.17, 15) is 9.59 Å². The quantitative estimate of drug-likeness (QED) is 0.840. The van der Waals surface area contributed by atoms with Gasteiger partial charge < -0.3 is 9.80 Å². The number of fused-ring (bicyclic) bond motifs is 1. The molecule has 0 saturated carbocycles. The van der Waals surface area contributed by atoms with Gasteiger partial charge in [-0.1, -0.05) is 43.3 Å². The summed E-state index contributed by atoms with van der Waals surface area (Å²) in [5.41, 5.74) is 2.51. The summed E-state index contributed by atoms with van der Waals surface area (Å²) in [4.78, 5) is 30.1. The van der Waals surface area contributed by atoms with E-state index in [2.05, 4.69) is 0 Å². The molecular weight excluding hydrogens is 324 g/mol. The normalized spacial score (nSPS) is 20.8. The molecule has 2 atom stereocenters. The highest BCUT2D eigenvalue weighted by Gasteiger charge is 2.43. The largest absolute Gasteiger partial charge is 0.342 e. The van der Waals surface area contributed by atoms with Crippen molar-refractivity contribution in [3.8, 4) is 0 Å². The van der Waals surface area contributed by atoms with Crippen molar-refractivity contribution in [2.75, 3.05) is 18.0 Å². The summed E-state index contributed by atoms with van der Waals surface area (Å²) < 4.78 is 0. The number of rotatable bonds is 3. The second-order valence-corrected chi connectivity index (χ2v) is 7.22. The molecule has 2 aromatic carbocycles. The third-order valence-corrected chi connectivity index (χ3v) is 5.57. The van der Waals surface area contributed by atoms with Crippen molar-refractivity contribution in [1.29, 1.82) is 0 Å². The summed E-state index contributed by atoms with van der Waals surface area (Å²) in [7, 11) is 0. The van der Waals surface area contributed by atoms with Gasteiger partial charge in [-0.25, -0.2) is 0 Å². The molecule has 2 heterocycles. The first-order chi connectivity index (χ1) is 12.7. The molecule has 2 aliphatic heterocycles. The third-order valence-electron chi connectivity index (χ3n) is 5.57. The molecule has 0 radical (unpaired) electrons. The van der Waals surface area contributed by atoms with Crippen LogP contribution < -0.4 is 4.90 Å². The van der Waals surface area contributed by atoms with Gasteiger partial charge in [0.2, 0.25) is 5.91 Å². The lowest BCUT2D eigenvalue weighted by Crippen LogP contribution is -2.43. The van der Waals surface area contributed by atoms with E-state index < -0.39 is 0 Å². The van der Waals surface area contributed by atoms with Gasteiger partial charge >= 0.3 is 0 Å². The summed E-state index contributed by atoms with van der Waals surface area (Å²) in [6.07, 6.45) is 3.33. The zero-order valence-corrected chi connectivity index (χ0v) is 15.1.